The number of fused-ring (bicyclic) bond motifs is 3. The van der Waals surface area contributed by atoms with Crippen LogP contribution in [0.15, 0.2) is 53.7 Å². The maximum Gasteiger partial charge on any atom is 3.00 e. The minimum atomic E-state index is -1.53. The zero-order valence-corrected chi connectivity index (χ0v) is 22.2. The van der Waals surface area contributed by atoms with Gasteiger partial charge in [-0.1, -0.05) is 78.8 Å². The Labute approximate surface area is 207 Å². The van der Waals surface area contributed by atoms with Crippen molar-refractivity contribution in [1.29, 1.82) is 0 Å². The first-order valence-electron chi connectivity index (χ1n) is 9.70. The van der Waals surface area contributed by atoms with E-state index < -0.39 is 8.07 Å². The summed E-state index contributed by atoms with van der Waals surface area (Å²) in [6, 6.07) is 18.3. The van der Waals surface area contributed by atoms with E-state index in [1.165, 1.54) is 33.4 Å². The predicted molar refractivity (Wildman–Crippen MR) is 113 cm³/mol. The number of benzene rings is 2. The second kappa shape index (κ2) is 10.7. The molecule has 2 aromatic rings. The number of rotatable bonds is 5. The average molecular weight is 522 g/mol. The van der Waals surface area contributed by atoms with Crippen LogP contribution in [0, 0.1) is 6.07 Å². The smallest absolute Gasteiger partial charge is 1.00 e. The van der Waals surface area contributed by atoms with Crippen molar-refractivity contribution in [2.75, 3.05) is 6.61 Å². The molecule has 0 amide bonds. The van der Waals surface area contributed by atoms with Crippen molar-refractivity contribution in [2.24, 2.45) is 0 Å². The maximum atomic E-state index is 9.26. The SMILES string of the molecule is CC1c2[c-]c(C3=C([Si](C)(C)CCCO)C=CC3)ccc2-c2ccccc21.[Cl-].[Cl-].[Zr+3]. The van der Waals surface area contributed by atoms with Crippen LogP contribution in [0.25, 0.3) is 16.7 Å². The van der Waals surface area contributed by atoms with Crippen LogP contribution in [0.2, 0.25) is 19.1 Å². The van der Waals surface area contributed by atoms with E-state index in [2.05, 4.69) is 74.6 Å². The van der Waals surface area contributed by atoms with Gasteiger partial charge in [0.2, 0.25) is 0 Å². The number of aliphatic hydroxyl groups excluding tert-OH is 1. The van der Waals surface area contributed by atoms with Crippen LogP contribution in [-0.4, -0.2) is 19.8 Å². The molecule has 2 aliphatic carbocycles. The summed E-state index contributed by atoms with van der Waals surface area (Å²) in [5, 5.41) is 10.8. The fourth-order valence-corrected chi connectivity index (χ4v) is 7.52. The van der Waals surface area contributed by atoms with Gasteiger partial charge in [-0.2, -0.15) is 0 Å². The monoisotopic (exact) mass is 519 g/mol. The van der Waals surface area contributed by atoms with Crippen molar-refractivity contribution in [3.63, 3.8) is 0 Å². The molecule has 1 atom stereocenters. The third-order valence-electron chi connectivity index (χ3n) is 6.07. The molecule has 29 heavy (non-hydrogen) atoms. The molecular formula is C24H27Cl2OSiZr. The van der Waals surface area contributed by atoms with Crippen molar-refractivity contribution in [3.8, 4) is 11.1 Å². The zero-order valence-electron chi connectivity index (χ0n) is 17.2. The Morgan fingerprint density at radius 3 is 2.52 bits per heavy atom. The van der Waals surface area contributed by atoms with Crippen LogP contribution in [0.1, 0.15) is 42.4 Å². The first-order chi connectivity index (χ1) is 12.5. The van der Waals surface area contributed by atoms with Gasteiger partial charge in [0, 0.05) is 6.61 Å². The second-order valence-electron chi connectivity index (χ2n) is 8.22. The first-order valence-corrected chi connectivity index (χ1v) is 12.9. The van der Waals surface area contributed by atoms with Crippen LogP contribution in [0.4, 0.5) is 0 Å². The topological polar surface area (TPSA) is 20.2 Å². The van der Waals surface area contributed by atoms with Crippen LogP contribution in [0.3, 0.4) is 0 Å². The number of hydrogen-bond donors (Lipinski definition) is 1. The molecule has 0 saturated heterocycles. The van der Waals surface area contributed by atoms with E-state index in [1.807, 2.05) is 0 Å². The summed E-state index contributed by atoms with van der Waals surface area (Å²) < 4.78 is 0. The molecule has 1 unspecified atom stereocenters. The van der Waals surface area contributed by atoms with E-state index in [0.717, 1.165) is 18.9 Å². The minimum absolute atomic E-state index is 0. The van der Waals surface area contributed by atoms with Gasteiger partial charge in [0.1, 0.15) is 0 Å². The van der Waals surface area contributed by atoms with Crippen molar-refractivity contribution in [2.45, 2.75) is 44.8 Å². The summed E-state index contributed by atoms with van der Waals surface area (Å²) >= 11 is 0. The molecule has 2 aliphatic rings. The second-order valence-corrected chi connectivity index (χ2v) is 13.0. The van der Waals surface area contributed by atoms with Crippen molar-refractivity contribution >= 4 is 13.6 Å². The average Bonchev–Trinajstić information content (AvgIpc) is 3.25. The Balaban J connectivity index is 0.00000140. The molecule has 2 aromatic carbocycles. The Morgan fingerprint density at radius 2 is 1.79 bits per heavy atom. The minimum Gasteiger partial charge on any atom is -1.00 e. The molecule has 0 bridgehead atoms. The molecule has 0 heterocycles. The number of hydrogen-bond acceptors (Lipinski definition) is 1. The van der Waals surface area contributed by atoms with Crippen molar-refractivity contribution in [1.82, 2.24) is 0 Å². The van der Waals surface area contributed by atoms with Gasteiger partial charge < -0.3 is 29.9 Å². The maximum absolute atomic E-state index is 9.26. The van der Waals surface area contributed by atoms with Gasteiger partial charge in [0.25, 0.3) is 0 Å². The van der Waals surface area contributed by atoms with Gasteiger partial charge in [-0.3, -0.25) is 0 Å². The van der Waals surface area contributed by atoms with Gasteiger partial charge in [-0.05, 0) is 24.3 Å². The summed E-state index contributed by atoms with van der Waals surface area (Å²) in [6.45, 7) is 7.45. The molecule has 1 radical (unpaired) electrons. The molecular weight excluding hydrogens is 494 g/mol. The molecule has 0 saturated carbocycles. The van der Waals surface area contributed by atoms with E-state index in [4.69, 9.17) is 0 Å². The summed E-state index contributed by atoms with van der Waals surface area (Å²) in [5.74, 6) is 0.416. The van der Waals surface area contributed by atoms with Gasteiger partial charge in [-0.15, -0.1) is 34.9 Å². The summed E-state index contributed by atoms with van der Waals surface area (Å²) in [4.78, 5) is 0. The Kier molecular flexibility index (Phi) is 9.84. The molecule has 5 heteroatoms. The number of allylic oxidation sites excluding steroid dienone is 4. The summed E-state index contributed by atoms with van der Waals surface area (Å²) in [7, 11) is -1.53. The molecule has 1 N–H and O–H groups in total. The quantitative estimate of drug-likeness (QED) is 0.433. The molecule has 0 fully saturated rings. The third-order valence-corrected chi connectivity index (χ3v) is 9.60. The van der Waals surface area contributed by atoms with Crippen molar-refractivity contribution < 1.29 is 56.1 Å². The summed E-state index contributed by atoms with van der Waals surface area (Å²) in [6.07, 6.45) is 6.57. The fourth-order valence-electron chi connectivity index (χ4n) is 4.59. The Morgan fingerprint density at radius 1 is 1.07 bits per heavy atom. The largest absolute Gasteiger partial charge is 3.00 e. The molecule has 0 aromatic heterocycles. The number of aliphatic hydroxyl groups is 1. The summed E-state index contributed by atoms with van der Waals surface area (Å²) in [5.41, 5.74) is 8.22. The van der Waals surface area contributed by atoms with Gasteiger partial charge in [0.15, 0.2) is 0 Å². The van der Waals surface area contributed by atoms with Gasteiger partial charge >= 0.3 is 26.2 Å². The number of halogens is 2. The molecule has 0 spiro atoms. The molecule has 4 rings (SSSR count). The molecule has 1 nitrogen and oxygen atoms in total. The van der Waals surface area contributed by atoms with Crippen LogP contribution >= 0.6 is 0 Å². The molecule has 151 valence electrons. The van der Waals surface area contributed by atoms with E-state index in [1.54, 1.807) is 5.20 Å². The molecule has 0 aliphatic heterocycles. The standard InChI is InChI=1S/C24H27OSi.2ClH.Zr/c1-17-19-8-4-5-9-21(19)22-13-12-18(16-23(17)22)20-10-6-11-24(20)26(2,3)15-7-14-25;;;/h4-6,8-9,11-13,17,25H,7,10,14-15H2,1-3H3;2*1H;/q-1;;;+3/p-2. The van der Waals surface area contributed by atoms with E-state index in [-0.39, 0.29) is 51.0 Å². The van der Waals surface area contributed by atoms with Gasteiger partial charge in [0.05, 0.1) is 8.07 Å². The van der Waals surface area contributed by atoms with E-state index in [0.29, 0.717) is 12.5 Å². The van der Waals surface area contributed by atoms with Crippen molar-refractivity contribution in [3.05, 3.63) is 76.5 Å². The van der Waals surface area contributed by atoms with E-state index >= 15 is 0 Å². The fraction of sp³-hybridized carbons (Fsp3) is 0.333. The first kappa shape index (κ1) is 26.6. The van der Waals surface area contributed by atoms with E-state index in [9.17, 15) is 5.11 Å². The normalized spacial score (nSPS) is 16.5. The predicted octanol–water partition coefficient (Wildman–Crippen LogP) is -0.0320. The van der Waals surface area contributed by atoms with Gasteiger partial charge in [-0.25, -0.2) is 0 Å². The van der Waals surface area contributed by atoms with Crippen LogP contribution in [-0.2, 0) is 26.2 Å². The Hall–Kier alpha value is -0.440. The van der Waals surface area contributed by atoms with Crippen LogP contribution in [0.5, 0.6) is 0 Å². The zero-order chi connectivity index (χ0) is 18.3. The third kappa shape index (κ3) is 4.91. The van der Waals surface area contributed by atoms with Crippen LogP contribution < -0.4 is 24.8 Å². The Bertz CT molecular complexity index is 921.